The monoisotopic (exact) mass is 547 g/mol. The molecular formula is C31H34ClN3O4. The van der Waals surface area contributed by atoms with E-state index in [4.69, 9.17) is 21.1 Å². The van der Waals surface area contributed by atoms with Crippen molar-refractivity contribution in [1.29, 1.82) is 0 Å². The molecule has 0 radical (unpaired) electrons. The maximum absolute atomic E-state index is 13.4. The Morgan fingerprint density at radius 1 is 0.923 bits per heavy atom. The summed E-state index contributed by atoms with van der Waals surface area (Å²) in [6.07, 6.45) is 3.93. The standard InChI is InChI=1S/C31H34ClN3O4/c1-38-29-16-8-5-10-25(29)11-9-17-35(31(37)27-14-6-7-15-28(27)32)23-20-33-18-21-34(22-19-33)30(36)24-39-26-12-3-2-4-13-26/h2-16H,17-24H2,1H3/b11-9+. The van der Waals surface area contributed by atoms with Crippen molar-refractivity contribution >= 4 is 29.5 Å². The normalized spacial score (nSPS) is 13.8. The third-order valence-corrected chi connectivity index (χ3v) is 7.00. The highest BCUT2D eigenvalue weighted by molar-refractivity contribution is 6.33. The Balaban J connectivity index is 1.33. The molecule has 204 valence electrons. The van der Waals surface area contributed by atoms with Gasteiger partial charge in [-0.25, -0.2) is 0 Å². The third-order valence-electron chi connectivity index (χ3n) is 6.67. The molecule has 0 aliphatic carbocycles. The first-order valence-electron chi connectivity index (χ1n) is 13.1. The molecule has 8 heteroatoms. The van der Waals surface area contributed by atoms with Crippen molar-refractivity contribution in [3.63, 3.8) is 0 Å². The van der Waals surface area contributed by atoms with Crippen molar-refractivity contribution in [2.75, 3.05) is 59.5 Å². The van der Waals surface area contributed by atoms with E-state index in [0.717, 1.165) is 24.4 Å². The minimum absolute atomic E-state index is 0.0181. The van der Waals surface area contributed by atoms with Gasteiger partial charge in [-0.1, -0.05) is 72.3 Å². The van der Waals surface area contributed by atoms with Gasteiger partial charge in [-0.15, -0.1) is 0 Å². The van der Waals surface area contributed by atoms with Crippen LogP contribution in [0.25, 0.3) is 6.08 Å². The Hall–Kier alpha value is -3.81. The van der Waals surface area contributed by atoms with E-state index in [1.807, 2.05) is 83.8 Å². The van der Waals surface area contributed by atoms with Gasteiger partial charge >= 0.3 is 0 Å². The topological polar surface area (TPSA) is 62.3 Å². The van der Waals surface area contributed by atoms with E-state index in [1.54, 1.807) is 24.1 Å². The first-order chi connectivity index (χ1) is 19.0. The fourth-order valence-corrected chi connectivity index (χ4v) is 4.64. The molecule has 1 fully saturated rings. The highest BCUT2D eigenvalue weighted by Crippen LogP contribution is 2.20. The van der Waals surface area contributed by atoms with Gasteiger partial charge in [-0.2, -0.15) is 0 Å². The van der Waals surface area contributed by atoms with Crippen LogP contribution < -0.4 is 9.47 Å². The number of rotatable bonds is 11. The van der Waals surface area contributed by atoms with Crippen LogP contribution in [0.4, 0.5) is 0 Å². The molecule has 0 saturated carbocycles. The summed E-state index contributed by atoms with van der Waals surface area (Å²) in [7, 11) is 1.64. The number of carbonyl (C=O) groups is 2. The van der Waals surface area contributed by atoms with Crippen LogP contribution in [0.15, 0.2) is 84.9 Å². The maximum Gasteiger partial charge on any atom is 0.260 e. The molecule has 1 heterocycles. The molecule has 2 amide bonds. The van der Waals surface area contributed by atoms with Gasteiger partial charge in [-0.3, -0.25) is 14.5 Å². The maximum atomic E-state index is 13.4. The number of amides is 2. The number of hydrogen-bond acceptors (Lipinski definition) is 5. The van der Waals surface area contributed by atoms with Crippen LogP contribution in [0, 0.1) is 0 Å². The molecule has 39 heavy (non-hydrogen) atoms. The molecule has 1 saturated heterocycles. The Kier molecular flexibility index (Phi) is 10.4. The molecule has 0 aromatic heterocycles. The predicted octanol–water partition coefficient (Wildman–Crippen LogP) is 4.73. The molecule has 0 unspecified atom stereocenters. The van der Waals surface area contributed by atoms with Crippen LogP contribution in [-0.2, 0) is 4.79 Å². The number of methoxy groups -OCH3 is 1. The quantitative estimate of drug-likeness (QED) is 0.347. The molecule has 7 nitrogen and oxygen atoms in total. The number of hydrogen-bond donors (Lipinski definition) is 0. The van der Waals surface area contributed by atoms with Gasteiger partial charge in [0.15, 0.2) is 6.61 Å². The molecule has 0 N–H and O–H groups in total. The smallest absolute Gasteiger partial charge is 0.260 e. The molecular weight excluding hydrogens is 514 g/mol. The predicted molar refractivity (Wildman–Crippen MR) is 154 cm³/mol. The zero-order chi connectivity index (χ0) is 27.5. The van der Waals surface area contributed by atoms with Crippen molar-refractivity contribution in [3.05, 3.63) is 101 Å². The summed E-state index contributed by atoms with van der Waals surface area (Å²) in [6, 6.07) is 24.2. The lowest BCUT2D eigenvalue weighted by Crippen LogP contribution is -2.51. The van der Waals surface area contributed by atoms with E-state index in [2.05, 4.69) is 4.90 Å². The molecule has 0 atom stereocenters. The fourth-order valence-electron chi connectivity index (χ4n) is 4.43. The van der Waals surface area contributed by atoms with Crippen LogP contribution in [0.5, 0.6) is 11.5 Å². The first-order valence-corrected chi connectivity index (χ1v) is 13.4. The summed E-state index contributed by atoms with van der Waals surface area (Å²) in [4.78, 5) is 32.0. The van der Waals surface area contributed by atoms with Gasteiger partial charge in [0, 0.05) is 51.4 Å². The van der Waals surface area contributed by atoms with Crippen molar-refractivity contribution in [2.45, 2.75) is 0 Å². The van der Waals surface area contributed by atoms with E-state index < -0.39 is 0 Å². The summed E-state index contributed by atoms with van der Waals surface area (Å²) in [5.74, 6) is 1.33. The van der Waals surface area contributed by atoms with Crippen molar-refractivity contribution in [3.8, 4) is 11.5 Å². The van der Waals surface area contributed by atoms with E-state index >= 15 is 0 Å². The van der Waals surface area contributed by atoms with Gasteiger partial charge in [0.05, 0.1) is 17.7 Å². The molecule has 3 aromatic carbocycles. The number of nitrogens with zero attached hydrogens (tertiary/aromatic N) is 3. The average molecular weight is 548 g/mol. The number of benzene rings is 3. The highest BCUT2D eigenvalue weighted by Gasteiger charge is 2.23. The minimum atomic E-state index is -0.114. The van der Waals surface area contributed by atoms with E-state index in [9.17, 15) is 9.59 Å². The number of para-hydroxylation sites is 2. The molecule has 3 aromatic rings. The Bertz CT molecular complexity index is 1260. The Morgan fingerprint density at radius 2 is 1.62 bits per heavy atom. The second-order valence-corrected chi connectivity index (χ2v) is 9.61. The summed E-state index contributed by atoms with van der Waals surface area (Å²) in [5.41, 5.74) is 1.43. The highest BCUT2D eigenvalue weighted by atomic mass is 35.5. The van der Waals surface area contributed by atoms with E-state index in [-0.39, 0.29) is 18.4 Å². The number of carbonyl (C=O) groups excluding carboxylic acids is 2. The average Bonchev–Trinajstić information content (AvgIpc) is 2.98. The molecule has 0 bridgehead atoms. The third kappa shape index (κ3) is 8.09. The van der Waals surface area contributed by atoms with Crippen molar-refractivity contribution < 1.29 is 19.1 Å². The number of ether oxygens (including phenoxy) is 2. The second-order valence-electron chi connectivity index (χ2n) is 9.20. The lowest BCUT2D eigenvalue weighted by atomic mass is 10.1. The fraction of sp³-hybridized carbons (Fsp3) is 0.290. The Morgan fingerprint density at radius 3 is 2.36 bits per heavy atom. The molecule has 4 rings (SSSR count). The SMILES string of the molecule is COc1ccccc1/C=C/CN(CCN1CCN(C(=O)COc2ccccc2)CC1)C(=O)c1ccccc1Cl. The van der Waals surface area contributed by atoms with E-state index in [0.29, 0.717) is 49.1 Å². The number of halogens is 1. The van der Waals surface area contributed by atoms with Crippen LogP contribution >= 0.6 is 11.6 Å². The lowest BCUT2D eigenvalue weighted by Gasteiger charge is -2.35. The van der Waals surface area contributed by atoms with Gasteiger partial charge in [0.2, 0.25) is 0 Å². The van der Waals surface area contributed by atoms with Crippen LogP contribution in [0.2, 0.25) is 5.02 Å². The van der Waals surface area contributed by atoms with Gasteiger partial charge < -0.3 is 19.3 Å². The zero-order valence-corrected chi connectivity index (χ0v) is 22.9. The van der Waals surface area contributed by atoms with Crippen LogP contribution in [-0.4, -0.2) is 86.0 Å². The van der Waals surface area contributed by atoms with Crippen molar-refractivity contribution in [1.82, 2.24) is 14.7 Å². The largest absolute Gasteiger partial charge is 0.496 e. The van der Waals surface area contributed by atoms with Gasteiger partial charge in [0.1, 0.15) is 11.5 Å². The summed E-state index contributed by atoms with van der Waals surface area (Å²) >= 11 is 6.35. The van der Waals surface area contributed by atoms with Crippen LogP contribution in [0.3, 0.4) is 0 Å². The van der Waals surface area contributed by atoms with Gasteiger partial charge in [0.25, 0.3) is 11.8 Å². The van der Waals surface area contributed by atoms with E-state index in [1.165, 1.54) is 0 Å². The lowest BCUT2D eigenvalue weighted by molar-refractivity contribution is -0.135. The molecule has 1 aliphatic heterocycles. The molecule has 0 spiro atoms. The minimum Gasteiger partial charge on any atom is -0.496 e. The summed E-state index contributed by atoms with van der Waals surface area (Å²) in [5, 5.41) is 0.436. The van der Waals surface area contributed by atoms with Crippen LogP contribution in [0.1, 0.15) is 15.9 Å². The molecule has 1 aliphatic rings. The second kappa shape index (κ2) is 14.4. The summed E-state index contributed by atoms with van der Waals surface area (Å²) < 4.78 is 11.0. The Labute approximate surface area is 235 Å². The number of piperazine rings is 1. The summed E-state index contributed by atoms with van der Waals surface area (Å²) in [6.45, 7) is 4.42. The first kappa shape index (κ1) is 28.2. The van der Waals surface area contributed by atoms with Gasteiger partial charge in [-0.05, 0) is 30.3 Å². The van der Waals surface area contributed by atoms with Crippen molar-refractivity contribution in [2.24, 2.45) is 0 Å². The zero-order valence-electron chi connectivity index (χ0n) is 22.2.